The van der Waals surface area contributed by atoms with E-state index in [2.05, 4.69) is 19.8 Å². The van der Waals surface area contributed by atoms with Crippen LogP contribution in [0.25, 0.3) is 10.9 Å². The first-order valence-electron chi connectivity index (χ1n) is 9.85. The topological polar surface area (TPSA) is 67.5 Å². The Bertz CT molecular complexity index is 723. The second-order valence-electron chi connectivity index (χ2n) is 7.44. The van der Waals surface area contributed by atoms with Gasteiger partial charge < -0.3 is 15.4 Å². The van der Waals surface area contributed by atoms with Crippen molar-refractivity contribution in [2.45, 2.75) is 38.3 Å². The van der Waals surface area contributed by atoms with Crippen molar-refractivity contribution in [3.63, 3.8) is 0 Å². The van der Waals surface area contributed by atoms with Crippen LogP contribution in [0.5, 0.6) is 0 Å². The van der Waals surface area contributed by atoms with E-state index in [-0.39, 0.29) is 0 Å². The first-order valence-corrected chi connectivity index (χ1v) is 9.85. The van der Waals surface area contributed by atoms with Crippen molar-refractivity contribution in [1.29, 1.82) is 0 Å². The number of nitrogen functional groups attached to an aromatic ring is 1. The molecular weight excluding hydrogens is 326 g/mol. The zero-order valence-corrected chi connectivity index (χ0v) is 15.4. The van der Waals surface area contributed by atoms with Crippen LogP contribution < -0.4 is 5.73 Å². The highest BCUT2D eigenvalue weighted by molar-refractivity contribution is 5.87. The van der Waals surface area contributed by atoms with Gasteiger partial charge in [-0.25, -0.2) is 9.97 Å². The third-order valence-electron chi connectivity index (χ3n) is 5.54. The molecule has 6 nitrogen and oxygen atoms in total. The van der Waals surface area contributed by atoms with Crippen LogP contribution in [0.2, 0.25) is 0 Å². The van der Waals surface area contributed by atoms with Gasteiger partial charge >= 0.3 is 0 Å². The maximum atomic E-state index is 6.10. The average molecular weight is 355 g/mol. The highest BCUT2D eigenvalue weighted by Crippen LogP contribution is 2.20. The summed E-state index contributed by atoms with van der Waals surface area (Å²) in [5, 5.41) is 0.932. The number of para-hydroxylation sites is 1. The normalized spacial score (nSPS) is 20.2. The number of ether oxygens (including phenoxy) is 1. The van der Waals surface area contributed by atoms with E-state index in [4.69, 9.17) is 10.5 Å². The molecule has 1 aromatic carbocycles. The molecule has 0 radical (unpaired) electrons. The Hall–Kier alpha value is -1.76. The molecule has 2 aliphatic heterocycles. The quantitative estimate of drug-likeness (QED) is 0.857. The molecule has 0 bridgehead atoms. The molecule has 0 unspecified atom stereocenters. The van der Waals surface area contributed by atoms with E-state index in [0.29, 0.717) is 11.9 Å². The third-order valence-corrected chi connectivity index (χ3v) is 5.54. The summed E-state index contributed by atoms with van der Waals surface area (Å²) < 4.78 is 6.10. The number of nitrogens with zero attached hydrogens (tertiary/aromatic N) is 4. The standard InChI is InChI=1S/C20H29N5O/c21-20-17-5-1-2-6-18(17)22-19(23-20)15-25-11-7-16(8-12-25)26-14-13-24-9-3-4-10-24/h1-2,5-6,16H,3-4,7-15H2,(H2,21,22,23). The van der Waals surface area contributed by atoms with Crippen molar-refractivity contribution in [3.8, 4) is 0 Å². The Balaban J connectivity index is 1.24. The van der Waals surface area contributed by atoms with Gasteiger partial charge in [-0.2, -0.15) is 0 Å². The van der Waals surface area contributed by atoms with Crippen LogP contribution in [0, 0.1) is 0 Å². The van der Waals surface area contributed by atoms with Gasteiger partial charge in [0.1, 0.15) is 11.6 Å². The summed E-state index contributed by atoms with van der Waals surface area (Å²) in [6.07, 6.45) is 5.27. The van der Waals surface area contributed by atoms with Crippen molar-refractivity contribution < 1.29 is 4.74 Å². The molecule has 3 heterocycles. The van der Waals surface area contributed by atoms with Gasteiger partial charge in [-0.1, -0.05) is 12.1 Å². The molecule has 2 aliphatic rings. The van der Waals surface area contributed by atoms with E-state index in [1.54, 1.807) is 0 Å². The molecule has 0 amide bonds. The predicted molar refractivity (Wildman–Crippen MR) is 104 cm³/mol. The number of hydrogen-bond donors (Lipinski definition) is 1. The number of piperidine rings is 1. The zero-order valence-electron chi connectivity index (χ0n) is 15.4. The smallest absolute Gasteiger partial charge is 0.145 e. The van der Waals surface area contributed by atoms with Crippen LogP contribution in [0.3, 0.4) is 0 Å². The molecule has 0 atom stereocenters. The predicted octanol–water partition coefficient (Wildman–Crippen LogP) is 2.29. The van der Waals surface area contributed by atoms with Gasteiger partial charge in [0.05, 0.1) is 24.8 Å². The molecule has 26 heavy (non-hydrogen) atoms. The van der Waals surface area contributed by atoms with Gasteiger partial charge in [0.2, 0.25) is 0 Å². The minimum Gasteiger partial charge on any atom is -0.383 e. The van der Waals surface area contributed by atoms with Crippen LogP contribution in [0.4, 0.5) is 5.82 Å². The lowest BCUT2D eigenvalue weighted by Crippen LogP contribution is -2.38. The first kappa shape index (κ1) is 17.6. The lowest BCUT2D eigenvalue weighted by Gasteiger charge is -2.31. The molecule has 2 fully saturated rings. The van der Waals surface area contributed by atoms with Crippen molar-refractivity contribution in [2.75, 3.05) is 45.1 Å². The van der Waals surface area contributed by atoms with Crippen LogP contribution in [-0.4, -0.2) is 65.2 Å². The summed E-state index contributed by atoms with van der Waals surface area (Å²) in [6, 6.07) is 7.93. The highest BCUT2D eigenvalue weighted by Gasteiger charge is 2.21. The summed E-state index contributed by atoms with van der Waals surface area (Å²) >= 11 is 0. The van der Waals surface area contributed by atoms with Gasteiger partial charge in [0, 0.05) is 25.0 Å². The molecule has 2 N–H and O–H groups in total. The summed E-state index contributed by atoms with van der Waals surface area (Å²) in [5.41, 5.74) is 7.02. The Morgan fingerprint density at radius 2 is 1.77 bits per heavy atom. The number of likely N-dealkylation sites (tertiary alicyclic amines) is 2. The molecule has 6 heteroatoms. The Kier molecular flexibility index (Phi) is 5.62. The summed E-state index contributed by atoms with van der Waals surface area (Å²) in [6.45, 7) is 7.28. The van der Waals surface area contributed by atoms with Gasteiger partial charge in [0.25, 0.3) is 0 Å². The molecular formula is C20H29N5O. The number of rotatable bonds is 6. The second-order valence-corrected chi connectivity index (χ2v) is 7.44. The Morgan fingerprint density at radius 3 is 2.58 bits per heavy atom. The Labute approximate surface area is 155 Å². The Morgan fingerprint density at radius 1 is 1.00 bits per heavy atom. The summed E-state index contributed by atoms with van der Waals surface area (Å²) in [5.74, 6) is 1.39. The molecule has 0 aliphatic carbocycles. The lowest BCUT2D eigenvalue weighted by atomic mass is 10.1. The van der Waals surface area contributed by atoms with E-state index in [1.807, 2.05) is 24.3 Å². The fourth-order valence-corrected chi connectivity index (χ4v) is 4.01. The van der Waals surface area contributed by atoms with Crippen molar-refractivity contribution in [2.24, 2.45) is 0 Å². The molecule has 0 saturated carbocycles. The van der Waals surface area contributed by atoms with Crippen molar-refractivity contribution >= 4 is 16.7 Å². The molecule has 2 saturated heterocycles. The summed E-state index contributed by atoms with van der Waals surface area (Å²) in [4.78, 5) is 14.1. The number of fused-ring (bicyclic) bond motifs is 1. The molecule has 0 spiro atoms. The molecule has 2 aromatic rings. The maximum Gasteiger partial charge on any atom is 0.145 e. The van der Waals surface area contributed by atoms with Crippen LogP contribution in [0.1, 0.15) is 31.5 Å². The first-order chi connectivity index (χ1) is 12.8. The van der Waals surface area contributed by atoms with Crippen LogP contribution in [0.15, 0.2) is 24.3 Å². The SMILES string of the molecule is Nc1nc(CN2CCC(OCCN3CCCC3)CC2)nc2ccccc12. The van der Waals surface area contributed by atoms with Gasteiger partial charge in [-0.3, -0.25) is 4.90 Å². The second kappa shape index (κ2) is 8.29. The molecule has 140 valence electrons. The fourth-order valence-electron chi connectivity index (χ4n) is 4.01. The third kappa shape index (κ3) is 4.31. The number of anilines is 1. The molecule has 4 rings (SSSR count). The van der Waals surface area contributed by atoms with E-state index in [1.165, 1.54) is 25.9 Å². The van der Waals surface area contributed by atoms with E-state index in [0.717, 1.165) is 62.4 Å². The monoisotopic (exact) mass is 355 g/mol. The fraction of sp³-hybridized carbons (Fsp3) is 0.600. The van der Waals surface area contributed by atoms with Gasteiger partial charge in [0.15, 0.2) is 0 Å². The van der Waals surface area contributed by atoms with Crippen LogP contribution in [-0.2, 0) is 11.3 Å². The van der Waals surface area contributed by atoms with Crippen molar-refractivity contribution in [1.82, 2.24) is 19.8 Å². The highest BCUT2D eigenvalue weighted by atomic mass is 16.5. The van der Waals surface area contributed by atoms with Crippen LogP contribution >= 0.6 is 0 Å². The van der Waals surface area contributed by atoms with E-state index in [9.17, 15) is 0 Å². The number of benzene rings is 1. The summed E-state index contributed by atoms with van der Waals surface area (Å²) in [7, 11) is 0. The van der Waals surface area contributed by atoms with E-state index < -0.39 is 0 Å². The van der Waals surface area contributed by atoms with Gasteiger partial charge in [-0.15, -0.1) is 0 Å². The largest absolute Gasteiger partial charge is 0.383 e. The molecule has 1 aromatic heterocycles. The minimum absolute atomic E-state index is 0.399. The number of nitrogens with two attached hydrogens (primary N) is 1. The average Bonchev–Trinajstić information content (AvgIpc) is 3.17. The lowest BCUT2D eigenvalue weighted by molar-refractivity contribution is -0.00155. The van der Waals surface area contributed by atoms with Gasteiger partial charge in [-0.05, 0) is 50.9 Å². The number of aromatic nitrogens is 2. The maximum absolute atomic E-state index is 6.10. The minimum atomic E-state index is 0.399. The van der Waals surface area contributed by atoms with E-state index >= 15 is 0 Å². The van der Waals surface area contributed by atoms with Crippen molar-refractivity contribution in [3.05, 3.63) is 30.1 Å². The number of hydrogen-bond acceptors (Lipinski definition) is 6. The zero-order chi connectivity index (χ0) is 17.8.